The van der Waals surface area contributed by atoms with Crippen LogP contribution in [-0.4, -0.2) is 0 Å². The van der Waals surface area contributed by atoms with E-state index in [0.717, 1.165) is 34.7 Å². The molecule has 0 bridgehead atoms. The van der Waals surface area contributed by atoms with E-state index >= 15 is 4.39 Å². The van der Waals surface area contributed by atoms with Crippen molar-refractivity contribution in [3.63, 3.8) is 0 Å². The van der Waals surface area contributed by atoms with E-state index in [1.807, 2.05) is 18.2 Å². The maximum absolute atomic E-state index is 15.2. The van der Waals surface area contributed by atoms with Crippen molar-refractivity contribution in [1.82, 2.24) is 0 Å². The van der Waals surface area contributed by atoms with Crippen molar-refractivity contribution in [3.05, 3.63) is 83.2 Å². The molecular weight excluding hydrogens is 347 g/mol. The van der Waals surface area contributed by atoms with Crippen molar-refractivity contribution in [2.45, 2.75) is 13.3 Å². The SMILES string of the molecule is CCc1ccc2c(ccc3c(F)c(-c4cc(F)c(C#N)c(F)c4)ccc32)c1. The fourth-order valence-corrected chi connectivity index (χ4v) is 3.44. The first-order valence-electron chi connectivity index (χ1n) is 8.57. The molecule has 0 N–H and O–H groups in total. The van der Waals surface area contributed by atoms with Crippen LogP contribution >= 0.6 is 0 Å². The van der Waals surface area contributed by atoms with Crippen LogP contribution in [0.4, 0.5) is 13.2 Å². The van der Waals surface area contributed by atoms with E-state index in [1.165, 1.54) is 17.7 Å². The Kier molecular flexibility index (Phi) is 4.08. The average molecular weight is 361 g/mol. The second-order valence-corrected chi connectivity index (χ2v) is 6.42. The van der Waals surface area contributed by atoms with Crippen LogP contribution in [-0.2, 0) is 6.42 Å². The van der Waals surface area contributed by atoms with Gasteiger partial charge in [-0.2, -0.15) is 5.26 Å². The average Bonchev–Trinajstić information content (AvgIpc) is 2.67. The Bertz CT molecular complexity index is 1230. The van der Waals surface area contributed by atoms with Crippen LogP contribution in [0.15, 0.2) is 54.6 Å². The summed E-state index contributed by atoms with van der Waals surface area (Å²) in [5.74, 6) is -2.55. The molecule has 0 aliphatic heterocycles. The van der Waals surface area contributed by atoms with E-state index in [1.54, 1.807) is 12.1 Å². The summed E-state index contributed by atoms with van der Waals surface area (Å²) >= 11 is 0. The molecule has 27 heavy (non-hydrogen) atoms. The van der Waals surface area contributed by atoms with Crippen molar-refractivity contribution >= 4 is 21.5 Å². The van der Waals surface area contributed by atoms with Gasteiger partial charge < -0.3 is 0 Å². The van der Waals surface area contributed by atoms with Crippen molar-refractivity contribution in [2.75, 3.05) is 0 Å². The molecule has 0 fully saturated rings. The van der Waals surface area contributed by atoms with Crippen LogP contribution in [0.3, 0.4) is 0 Å². The number of fused-ring (bicyclic) bond motifs is 3. The Morgan fingerprint density at radius 3 is 2.15 bits per heavy atom. The Morgan fingerprint density at radius 2 is 1.48 bits per heavy atom. The maximum Gasteiger partial charge on any atom is 0.144 e. The highest BCUT2D eigenvalue weighted by Gasteiger charge is 2.16. The van der Waals surface area contributed by atoms with Crippen LogP contribution in [0.1, 0.15) is 18.1 Å². The van der Waals surface area contributed by atoms with Crippen molar-refractivity contribution in [2.24, 2.45) is 0 Å². The molecule has 0 aliphatic carbocycles. The number of hydrogen-bond acceptors (Lipinski definition) is 1. The molecule has 4 heteroatoms. The molecule has 0 amide bonds. The topological polar surface area (TPSA) is 23.8 Å². The van der Waals surface area contributed by atoms with Crippen LogP contribution in [0.25, 0.3) is 32.7 Å². The molecule has 4 aromatic rings. The summed E-state index contributed by atoms with van der Waals surface area (Å²) in [6.45, 7) is 2.07. The Morgan fingerprint density at radius 1 is 0.815 bits per heavy atom. The van der Waals surface area contributed by atoms with E-state index in [2.05, 4.69) is 13.0 Å². The lowest BCUT2D eigenvalue weighted by molar-refractivity contribution is 0.577. The van der Waals surface area contributed by atoms with Gasteiger partial charge >= 0.3 is 0 Å². The quantitative estimate of drug-likeness (QED) is 0.373. The van der Waals surface area contributed by atoms with Gasteiger partial charge in [0, 0.05) is 10.9 Å². The molecule has 4 aromatic carbocycles. The van der Waals surface area contributed by atoms with Gasteiger partial charge in [-0.05, 0) is 45.8 Å². The molecular formula is C23H14F3N. The first-order valence-corrected chi connectivity index (χ1v) is 8.57. The van der Waals surface area contributed by atoms with Crippen LogP contribution < -0.4 is 0 Å². The van der Waals surface area contributed by atoms with E-state index in [-0.39, 0.29) is 11.1 Å². The van der Waals surface area contributed by atoms with Crippen LogP contribution in [0.5, 0.6) is 0 Å². The van der Waals surface area contributed by atoms with E-state index in [9.17, 15) is 8.78 Å². The predicted molar refractivity (Wildman–Crippen MR) is 101 cm³/mol. The molecule has 0 unspecified atom stereocenters. The van der Waals surface area contributed by atoms with Gasteiger partial charge in [-0.3, -0.25) is 0 Å². The highest BCUT2D eigenvalue weighted by Crippen LogP contribution is 2.34. The van der Waals surface area contributed by atoms with Crippen molar-refractivity contribution < 1.29 is 13.2 Å². The minimum Gasteiger partial charge on any atom is -0.206 e. The van der Waals surface area contributed by atoms with Gasteiger partial charge in [-0.15, -0.1) is 0 Å². The first-order chi connectivity index (χ1) is 13.0. The highest BCUT2D eigenvalue weighted by atomic mass is 19.1. The summed E-state index contributed by atoms with van der Waals surface area (Å²) in [7, 11) is 0. The molecule has 0 aromatic heterocycles. The smallest absolute Gasteiger partial charge is 0.144 e. The van der Waals surface area contributed by atoms with E-state index in [4.69, 9.17) is 5.26 Å². The number of nitriles is 1. The molecule has 0 saturated heterocycles. The zero-order valence-electron chi connectivity index (χ0n) is 14.5. The third-order valence-electron chi connectivity index (χ3n) is 4.89. The number of rotatable bonds is 2. The molecule has 0 saturated carbocycles. The lowest BCUT2D eigenvalue weighted by Gasteiger charge is -2.11. The fraction of sp³-hybridized carbons (Fsp3) is 0.0870. The Balaban J connectivity index is 1.96. The molecule has 0 aliphatic rings. The highest BCUT2D eigenvalue weighted by molar-refractivity contribution is 6.08. The molecule has 0 atom stereocenters. The number of halogens is 3. The predicted octanol–water partition coefficient (Wildman–Crippen LogP) is 6.51. The Hall–Kier alpha value is -3.32. The van der Waals surface area contributed by atoms with Gasteiger partial charge in [-0.25, -0.2) is 13.2 Å². The monoisotopic (exact) mass is 361 g/mol. The van der Waals surface area contributed by atoms with Gasteiger partial charge in [-0.1, -0.05) is 49.4 Å². The molecule has 4 rings (SSSR count). The third kappa shape index (κ3) is 2.72. The zero-order valence-corrected chi connectivity index (χ0v) is 14.5. The van der Waals surface area contributed by atoms with Gasteiger partial charge in [0.1, 0.15) is 29.1 Å². The minimum atomic E-state index is -1.00. The molecule has 0 spiro atoms. The number of aryl methyl sites for hydroxylation is 1. The third-order valence-corrected chi connectivity index (χ3v) is 4.89. The number of hydrogen-bond donors (Lipinski definition) is 0. The summed E-state index contributed by atoms with van der Waals surface area (Å²) in [6, 6.07) is 16.3. The second-order valence-electron chi connectivity index (χ2n) is 6.42. The Labute approximate surface area is 154 Å². The molecule has 0 radical (unpaired) electrons. The number of benzene rings is 4. The fourth-order valence-electron chi connectivity index (χ4n) is 3.44. The van der Waals surface area contributed by atoms with Crippen LogP contribution in [0.2, 0.25) is 0 Å². The normalized spacial score (nSPS) is 11.1. The number of nitrogens with zero attached hydrogens (tertiary/aromatic N) is 1. The van der Waals surface area contributed by atoms with Gasteiger partial charge in [0.05, 0.1) is 0 Å². The summed E-state index contributed by atoms with van der Waals surface area (Å²) < 4.78 is 43.0. The van der Waals surface area contributed by atoms with Gasteiger partial charge in [0.25, 0.3) is 0 Å². The van der Waals surface area contributed by atoms with Crippen LogP contribution in [0, 0.1) is 28.8 Å². The summed E-state index contributed by atoms with van der Waals surface area (Å²) in [5, 5.41) is 11.9. The molecule has 1 nitrogen and oxygen atoms in total. The first kappa shape index (κ1) is 17.1. The van der Waals surface area contributed by atoms with Crippen molar-refractivity contribution in [1.29, 1.82) is 5.26 Å². The van der Waals surface area contributed by atoms with Crippen molar-refractivity contribution in [3.8, 4) is 17.2 Å². The second kappa shape index (κ2) is 6.44. The minimum absolute atomic E-state index is 0.0600. The zero-order chi connectivity index (χ0) is 19.1. The lowest BCUT2D eigenvalue weighted by Crippen LogP contribution is -1.94. The van der Waals surface area contributed by atoms with E-state index < -0.39 is 23.0 Å². The molecule has 132 valence electrons. The van der Waals surface area contributed by atoms with E-state index in [0.29, 0.717) is 5.39 Å². The lowest BCUT2D eigenvalue weighted by atomic mass is 9.95. The maximum atomic E-state index is 15.2. The van der Waals surface area contributed by atoms with Gasteiger partial charge in [0.2, 0.25) is 0 Å². The largest absolute Gasteiger partial charge is 0.206 e. The summed E-state index contributed by atoms with van der Waals surface area (Å²) in [6.07, 6.45) is 0.914. The standard InChI is InChI=1S/C23H14F3N/c1-2-13-3-5-16-14(9-13)4-6-19-18(16)8-7-17(23(19)26)15-10-21(24)20(12-27)22(25)11-15/h3-11H,2H2,1H3. The summed E-state index contributed by atoms with van der Waals surface area (Å²) in [4.78, 5) is 0. The summed E-state index contributed by atoms with van der Waals surface area (Å²) in [5.41, 5.74) is 0.680. The molecule has 0 heterocycles. The van der Waals surface area contributed by atoms with Gasteiger partial charge in [0.15, 0.2) is 0 Å².